The second kappa shape index (κ2) is 11.7. The molecule has 0 atom stereocenters. The number of rotatable bonds is 7. The van der Waals surface area contributed by atoms with Gasteiger partial charge >= 0.3 is 0 Å². The molecule has 2 heterocycles. The Balaban J connectivity index is 1.09. The van der Waals surface area contributed by atoms with E-state index < -0.39 is 5.91 Å². The van der Waals surface area contributed by atoms with E-state index in [2.05, 4.69) is 46.1 Å². The first kappa shape index (κ1) is 28.1. The van der Waals surface area contributed by atoms with Gasteiger partial charge in [-0.2, -0.15) is 0 Å². The van der Waals surface area contributed by atoms with Crippen molar-refractivity contribution in [3.63, 3.8) is 0 Å². The zero-order chi connectivity index (χ0) is 30.1. The van der Waals surface area contributed by atoms with Gasteiger partial charge in [0, 0.05) is 63.7 Å². The highest BCUT2D eigenvalue weighted by atomic mass is 16.3. The number of carbonyl (C=O) groups excluding carboxylic acids is 2. The number of anilines is 4. The van der Waals surface area contributed by atoms with Crippen LogP contribution < -0.4 is 21.3 Å². The Hall–Kier alpha value is -5.08. The Morgan fingerprint density at radius 2 is 1.33 bits per heavy atom. The van der Waals surface area contributed by atoms with E-state index >= 15 is 0 Å². The van der Waals surface area contributed by atoms with Crippen LogP contribution in [0.4, 0.5) is 22.7 Å². The van der Waals surface area contributed by atoms with Gasteiger partial charge in [0.05, 0.1) is 11.6 Å². The van der Waals surface area contributed by atoms with Crippen molar-refractivity contribution in [2.24, 2.45) is 5.73 Å². The van der Waals surface area contributed by atoms with Gasteiger partial charge in [-0.15, -0.1) is 0 Å². The molecule has 218 valence electrons. The van der Waals surface area contributed by atoms with Crippen molar-refractivity contribution >= 4 is 45.5 Å². The first-order chi connectivity index (χ1) is 20.8. The van der Waals surface area contributed by atoms with Gasteiger partial charge in [-0.1, -0.05) is 0 Å². The van der Waals surface area contributed by atoms with E-state index in [4.69, 9.17) is 5.73 Å². The van der Waals surface area contributed by atoms with Crippen LogP contribution in [0.1, 0.15) is 44.8 Å². The highest BCUT2D eigenvalue weighted by molar-refractivity contribution is 6.04. The van der Waals surface area contributed by atoms with E-state index in [9.17, 15) is 14.7 Å². The molecule has 0 unspecified atom stereocenters. The fraction of sp³-hybridized carbons (Fsp3) is 0.200. The van der Waals surface area contributed by atoms with Crippen LogP contribution in [0.25, 0.3) is 16.6 Å². The predicted octanol–water partition coefficient (Wildman–Crippen LogP) is 6.30. The molecule has 1 aliphatic rings. The number of amides is 2. The number of aromatic nitrogens is 1. The zero-order valence-corrected chi connectivity index (χ0v) is 24.3. The molecule has 6 rings (SSSR count). The van der Waals surface area contributed by atoms with E-state index in [1.165, 1.54) is 0 Å². The van der Waals surface area contributed by atoms with Crippen molar-refractivity contribution in [3.8, 4) is 5.69 Å². The lowest BCUT2D eigenvalue weighted by molar-refractivity contribution is 0.0997. The van der Waals surface area contributed by atoms with Gasteiger partial charge < -0.3 is 30.9 Å². The smallest absolute Gasteiger partial charge is 0.255 e. The average molecular weight is 574 g/mol. The first-order valence-corrected chi connectivity index (χ1v) is 14.5. The highest BCUT2D eigenvalue weighted by Gasteiger charge is 2.18. The van der Waals surface area contributed by atoms with E-state index in [-0.39, 0.29) is 12.0 Å². The third-order valence-corrected chi connectivity index (χ3v) is 8.32. The summed E-state index contributed by atoms with van der Waals surface area (Å²) in [6, 6.07) is 29.0. The summed E-state index contributed by atoms with van der Waals surface area (Å²) < 4.78 is 2.18. The summed E-state index contributed by atoms with van der Waals surface area (Å²) in [4.78, 5) is 26.7. The summed E-state index contributed by atoms with van der Waals surface area (Å²) in [6.07, 6.45) is 1.32. The summed E-state index contributed by atoms with van der Waals surface area (Å²) in [6.45, 7) is 5.77. The Morgan fingerprint density at radius 1 is 0.767 bits per heavy atom. The van der Waals surface area contributed by atoms with Crippen molar-refractivity contribution in [3.05, 3.63) is 113 Å². The lowest BCUT2D eigenvalue weighted by Crippen LogP contribution is -2.35. The standard InChI is InChI=1S/C35H35N5O3/c1-22-23(2)40(33-16-5-25(34(36)42)21-32(22)33)30-14-10-27(11-15-30)37-26-6-8-28(9-7-26)38-35(43)24-3-12-29(13-4-24)39-19-17-31(41)18-20-39/h3-16,21,31,37,41H,17-20H2,1-2H3,(H2,36,42)(H,38,43). The van der Waals surface area contributed by atoms with Crippen LogP contribution in [-0.2, 0) is 0 Å². The molecule has 4 aromatic carbocycles. The van der Waals surface area contributed by atoms with Gasteiger partial charge in [0.15, 0.2) is 0 Å². The van der Waals surface area contributed by atoms with E-state index in [0.29, 0.717) is 16.8 Å². The maximum atomic E-state index is 12.8. The minimum atomic E-state index is -0.432. The first-order valence-electron chi connectivity index (χ1n) is 14.5. The summed E-state index contributed by atoms with van der Waals surface area (Å²) in [5, 5.41) is 17.1. The minimum absolute atomic E-state index is 0.161. The van der Waals surface area contributed by atoms with Gasteiger partial charge in [-0.3, -0.25) is 9.59 Å². The quantitative estimate of drug-likeness (QED) is 0.182. The third-order valence-electron chi connectivity index (χ3n) is 8.32. The molecular formula is C35H35N5O3. The highest BCUT2D eigenvalue weighted by Crippen LogP contribution is 2.30. The van der Waals surface area contributed by atoms with Gasteiger partial charge in [0.1, 0.15) is 0 Å². The third kappa shape index (κ3) is 5.82. The Kier molecular flexibility index (Phi) is 7.61. The molecule has 1 saturated heterocycles. The molecule has 2 amide bonds. The molecule has 1 fully saturated rings. The molecule has 43 heavy (non-hydrogen) atoms. The molecule has 0 saturated carbocycles. The largest absolute Gasteiger partial charge is 0.393 e. The van der Waals surface area contributed by atoms with Gasteiger partial charge in [0.2, 0.25) is 5.91 Å². The van der Waals surface area contributed by atoms with Crippen LogP contribution in [0, 0.1) is 13.8 Å². The molecule has 8 nitrogen and oxygen atoms in total. The zero-order valence-electron chi connectivity index (χ0n) is 24.3. The number of aliphatic hydroxyl groups is 1. The SMILES string of the molecule is Cc1c(C)n(-c2ccc(Nc3ccc(NC(=O)c4ccc(N5CCC(O)CC5)cc4)cc3)cc2)c2ccc(C(N)=O)cc12. The van der Waals surface area contributed by atoms with Crippen molar-refractivity contribution in [1.29, 1.82) is 0 Å². The number of hydrogen-bond donors (Lipinski definition) is 4. The lowest BCUT2D eigenvalue weighted by Gasteiger charge is -2.31. The molecular weight excluding hydrogens is 538 g/mol. The number of hydrogen-bond acceptors (Lipinski definition) is 5. The van der Waals surface area contributed by atoms with E-state index in [1.807, 2.05) is 72.8 Å². The summed E-state index contributed by atoms with van der Waals surface area (Å²) >= 11 is 0. The monoisotopic (exact) mass is 573 g/mol. The Labute approximate surface area is 250 Å². The maximum absolute atomic E-state index is 12.8. The molecule has 8 heteroatoms. The molecule has 1 aromatic heterocycles. The van der Waals surface area contributed by atoms with Crippen molar-refractivity contribution in [1.82, 2.24) is 4.57 Å². The average Bonchev–Trinajstić information content (AvgIpc) is 3.27. The number of nitrogens with one attached hydrogen (secondary N) is 2. The molecule has 1 aliphatic heterocycles. The number of aliphatic hydroxyl groups excluding tert-OH is 1. The second-order valence-electron chi connectivity index (χ2n) is 11.1. The van der Waals surface area contributed by atoms with Gasteiger partial charge in [-0.05, 0) is 123 Å². The van der Waals surface area contributed by atoms with Crippen molar-refractivity contribution in [2.75, 3.05) is 28.6 Å². The number of piperidine rings is 1. The number of nitrogens with two attached hydrogens (primary N) is 1. The summed E-state index contributed by atoms with van der Waals surface area (Å²) in [5.74, 6) is -0.593. The number of fused-ring (bicyclic) bond motifs is 1. The van der Waals surface area contributed by atoms with E-state index in [0.717, 1.165) is 70.8 Å². The van der Waals surface area contributed by atoms with Crippen molar-refractivity contribution in [2.45, 2.75) is 32.8 Å². The van der Waals surface area contributed by atoms with Crippen LogP contribution in [-0.4, -0.2) is 40.7 Å². The topological polar surface area (TPSA) is 113 Å². The fourth-order valence-corrected chi connectivity index (χ4v) is 5.71. The normalized spacial score (nSPS) is 13.7. The number of aryl methyl sites for hydroxylation is 1. The van der Waals surface area contributed by atoms with Crippen LogP contribution in [0.2, 0.25) is 0 Å². The van der Waals surface area contributed by atoms with E-state index in [1.54, 1.807) is 6.07 Å². The molecule has 5 aromatic rings. The van der Waals surface area contributed by atoms with Crippen molar-refractivity contribution < 1.29 is 14.7 Å². The summed E-state index contributed by atoms with van der Waals surface area (Å²) in [5.41, 5.74) is 14.5. The molecule has 0 radical (unpaired) electrons. The lowest BCUT2D eigenvalue weighted by atomic mass is 10.1. The Morgan fingerprint density at radius 3 is 1.95 bits per heavy atom. The fourth-order valence-electron chi connectivity index (χ4n) is 5.71. The van der Waals surface area contributed by atoms with Crippen LogP contribution in [0.15, 0.2) is 91.0 Å². The number of carbonyl (C=O) groups is 2. The van der Waals surface area contributed by atoms with Crippen LogP contribution in [0.3, 0.4) is 0 Å². The van der Waals surface area contributed by atoms with Crippen LogP contribution in [0.5, 0.6) is 0 Å². The molecule has 0 bridgehead atoms. The van der Waals surface area contributed by atoms with Gasteiger partial charge in [-0.25, -0.2) is 0 Å². The van der Waals surface area contributed by atoms with Crippen LogP contribution >= 0.6 is 0 Å². The molecule has 5 N–H and O–H groups in total. The number of benzene rings is 4. The summed E-state index contributed by atoms with van der Waals surface area (Å²) in [7, 11) is 0. The molecule has 0 spiro atoms. The predicted molar refractivity (Wildman–Crippen MR) is 173 cm³/mol. The number of nitrogens with zero attached hydrogens (tertiary/aromatic N) is 2. The van der Waals surface area contributed by atoms with Gasteiger partial charge in [0.25, 0.3) is 5.91 Å². The Bertz CT molecular complexity index is 1780. The maximum Gasteiger partial charge on any atom is 0.255 e. The minimum Gasteiger partial charge on any atom is -0.393 e. The second-order valence-corrected chi connectivity index (χ2v) is 11.1. The number of primary amides is 1. The molecule has 0 aliphatic carbocycles.